The highest BCUT2D eigenvalue weighted by Crippen LogP contribution is 2.19. The van der Waals surface area contributed by atoms with E-state index < -0.39 is 0 Å². The fourth-order valence-corrected chi connectivity index (χ4v) is 1.77. The Hall–Kier alpha value is -3.09. The zero-order valence-electron chi connectivity index (χ0n) is 11.3. The molecule has 21 heavy (non-hydrogen) atoms. The summed E-state index contributed by atoms with van der Waals surface area (Å²) >= 11 is 0. The van der Waals surface area contributed by atoms with E-state index in [-0.39, 0.29) is 5.95 Å². The van der Waals surface area contributed by atoms with Crippen molar-refractivity contribution < 1.29 is 4.74 Å². The number of methoxy groups -OCH3 is 1. The molecule has 0 unspecified atom stereocenters. The maximum absolute atomic E-state index is 5.76. The van der Waals surface area contributed by atoms with Crippen molar-refractivity contribution in [1.29, 1.82) is 0 Å². The summed E-state index contributed by atoms with van der Waals surface area (Å²) in [6.07, 6.45) is 0. The minimum Gasteiger partial charge on any atom is -0.480 e. The molecule has 0 aliphatic heterocycles. The van der Waals surface area contributed by atoms with Gasteiger partial charge in [0.2, 0.25) is 11.8 Å². The van der Waals surface area contributed by atoms with Crippen LogP contribution in [-0.2, 0) is 0 Å². The Morgan fingerprint density at radius 1 is 0.857 bits per heavy atom. The lowest BCUT2D eigenvalue weighted by atomic mass is 10.2. The van der Waals surface area contributed by atoms with Crippen LogP contribution in [0.1, 0.15) is 0 Å². The molecule has 0 saturated heterocycles. The number of rotatable bonds is 3. The molecular formula is C14H12N6O. The highest BCUT2D eigenvalue weighted by atomic mass is 16.5. The highest BCUT2D eigenvalue weighted by Gasteiger charge is 2.10. The van der Waals surface area contributed by atoms with Crippen LogP contribution >= 0.6 is 0 Å². The number of nitrogens with two attached hydrogens (primary N) is 1. The number of aromatic nitrogens is 5. The summed E-state index contributed by atoms with van der Waals surface area (Å²) in [6.45, 7) is 0. The molecule has 2 aromatic heterocycles. The SMILES string of the molecule is COc1ccc(-c2nc(N)nc(-c3ccccc3)n2)nn1. The van der Waals surface area contributed by atoms with Crippen LogP contribution in [0.3, 0.4) is 0 Å². The van der Waals surface area contributed by atoms with E-state index in [1.165, 1.54) is 7.11 Å². The van der Waals surface area contributed by atoms with Gasteiger partial charge in [0.25, 0.3) is 0 Å². The Morgan fingerprint density at radius 2 is 1.62 bits per heavy atom. The van der Waals surface area contributed by atoms with E-state index in [0.717, 1.165) is 5.56 Å². The van der Waals surface area contributed by atoms with Gasteiger partial charge in [-0.3, -0.25) is 0 Å². The zero-order valence-corrected chi connectivity index (χ0v) is 11.3. The van der Waals surface area contributed by atoms with Gasteiger partial charge in [-0.2, -0.15) is 9.97 Å². The zero-order chi connectivity index (χ0) is 14.7. The summed E-state index contributed by atoms with van der Waals surface area (Å²) in [6, 6.07) is 12.9. The van der Waals surface area contributed by atoms with Crippen molar-refractivity contribution in [2.75, 3.05) is 12.8 Å². The largest absolute Gasteiger partial charge is 0.480 e. The van der Waals surface area contributed by atoms with E-state index >= 15 is 0 Å². The van der Waals surface area contributed by atoms with Crippen LogP contribution in [0, 0.1) is 0 Å². The molecule has 3 aromatic rings. The van der Waals surface area contributed by atoms with Crippen molar-refractivity contribution in [2.45, 2.75) is 0 Å². The molecule has 7 nitrogen and oxygen atoms in total. The lowest BCUT2D eigenvalue weighted by Gasteiger charge is -2.04. The van der Waals surface area contributed by atoms with Crippen molar-refractivity contribution in [2.24, 2.45) is 0 Å². The molecule has 3 rings (SSSR count). The monoisotopic (exact) mass is 280 g/mol. The Kier molecular flexibility index (Phi) is 3.38. The topological polar surface area (TPSA) is 99.7 Å². The Bertz CT molecular complexity index is 745. The minimum atomic E-state index is 0.136. The first-order valence-corrected chi connectivity index (χ1v) is 6.21. The third-order valence-electron chi connectivity index (χ3n) is 2.76. The smallest absolute Gasteiger partial charge is 0.233 e. The van der Waals surface area contributed by atoms with Gasteiger partial charge in [-0.15, -0.1) is 10.2 Å². The predicted molar refractivity (Wildman–Crippen MR) is 77.3 cm³/mol. The molecule has 0 aliphatic carbocycles. The average Bonchev–Trinajstić information content (AvgIpc) is 2.55. The van der Waals surface area contributed by atoms with Gasteiger partial charge >= 0.3 is 0 Å². The van der Waals surface area contributed by atoms with E-state index in [9.17, 15) is 0 Å². The lowest BCUT2D eigenvalue weighted by molar-refractivity contribution is 0.392. The molecule has 0 fully saturated rings. The number of benzene rings is 1. The minimum absolute atomic E-state index is 0.136. The van der Waals surface area contributed by atoms with Crippen LogP contribution in [0.4, 0.5) is 5.95 Å². The first-order chi connectivity index (χ1) is 10.3. The normalized spacial score (nSPS) is 10.3. The maximum Gasteiger partial charge on any atom is 0.233 e. The standard InChI is InChI=1S/C14H12N6O/c1-21-11-8-7-10(19-20-11)13-16-12(17-14(15)18-13)9-5-3-2-4-6-9/h2-8H,1H3,(H2,15,16,17,18). The summed E-state index contributed by atoms with van der Waals surface area (Å²) < 4.78 is 4.97. The lowest BCUT2D eigenvalue weighted by Crippen LogP contribution is -2.03. The number of anilines is 1. The van der Waals surface area contributed by atoms with E-state index in [0.29, 0.717) is 23.2 Å². The van der Waals surface area contributed by atoms with E-state index in [4.69, 9.17) is 10.5 Å². The Labute approximate surface area is 120 Å². The molecule has 0 saturated carbocycles. The molecule has 0 spiro atoms. The Balaban J connectivity index is 2.05. The third-order valence-corrected chi connectivity index (χ3v) is 2.76. The summed E-state index contributed by atoms with van der Waals surface area (Å²) in [5.74, 6) is 1.42. The third kappa shape index (κ3) is 2.76. The van der Waals surface area contributed by atoms with Crippen molar-refractivity contribution in [3.63, 3.8) is 0 Å². The van der Waals surface area contributed by atoms with Crippen molar-refractivity contribution in [3.8, 4) is 28.8 Å². The molecule has 2 N–H and O–H groups in total. The Morgan fingerprint density at radius 3 is 2.29 bits per heavy atom. The molecule has 7 heteroatoms. The molecule has 0 amide bonds. The van der Waals surface area contributed by atoms with E-state index in [2.05, 4.69) is 25.1 Å². The molecule has 104 valence electrons. The van der Waals surface area contributed by atoms with Gasteiger partial charge in [-0.25, -0.2) is 4.98 Å². The van der Waals surface area contributed by atoms with Gasteiger partial charge in [0.05, 0.1) is 7.11 Å². The first kappa shape index (κ1) is 12.9. The number of hydrogen-bond donors (Lipinski definition) is 1. The van der Waals surface area contributed by atoms with Crippen LogP contribution in [0.2, 0.25) is 0 Å². The summed E-state index contributed by atoms with van der Waals surface area (Å²) in [7, 11) is 1.53. The van der Waals surface area contributed by atoms with Crippen LogP contribution in [-0.4, -0.2) is 32.3 Å². The van der Waals surface area contributed by atoms with Crippen molar-refractivity contribution in [1.82, 2.24) is 25.1 Å². The maximum atomic E-state index is 5.76. The second-order valence-electron chi connectivity index (χ2n) is 4.17. The van der Waals surface area contributed by atoms with Gasteiger partial charge < -0.3 is 10.5 Å². The number of ether oxygens (including phenoxy) is 1. The van der Waals surface area contributed by atoms with Crippen LogP contribution in [0.5, 0.6) is 5.88 Å². The number of nitrogen functional groups attached to an aromatic ring is 1. The van der Waals surface area contributed by atoms with E-state index in [1.54, 1.807) is 12.1 Å². The molecule has 0 atom stereocenters. The number of hydrogen-bond acceptors (Lipinski definition) is 7. The summed E-state index contributed by atoms with van der Waals surface area (Å²) in [5.41, 5.74) is 7.11. The van der Waals surface area contributed by atoms with Gasteiger partial charge in [-0.1, -0.05) is 30.3 Å². The molecule has 0 bridgehead atoms. The highest BCUT2D eigenvalue weighted by molar-refractivity contribution is 5.60. The fraction of sp³-hybridized carbons (Fsp3) is 0.0714. The second kappa shape index (κ2) is 5.49. The predicted octanol–water partition coefficient (Wildman–Crippen LogP) is 1.59. The van der Waals surface area contributed by atoms with Crippen LogP contribution in [0.15, 0.2) is 42.5 Å². The van der Waals surface area contributed by atoms with E-state index in [1.807, 2.05) is 30.3 Å². The van der Waals surface area contributed by atoms with Crippen LogP contribution in [0.25, 0.3) is 22.9 Å². The van der Waals surface area contributed by atoms with Crippen molar-refractivity contribution in [3.05, 3.63) is 42.5 Å². The molecule has 1 aromatic carbocycles. The quantitative estimate of drug-likeness (QED) is 0.777. The molecule has 2 heterocycles. The first-order valence-electron chi connectivity index (χ1n) is 6.21. The van der Waals surface area contributed by atoms with Crippen LogP contribution < -0.4 is 10.5 Å². The van der Waals surface area contributed by atoms with Gasteiger partial charge in [-0.05, 0) is 6.07 Å². The molecule has 0 radical (unpaired) electrons. The van der Waals surface area contributed by atoms with Gasteiger partial charge in [0.1, 0.15) is 5.69 Å². The second-order valence-corrected chi connectivity index (χ2v) is 4.17. The molecular weight excluding hydrogens is 268 g/mol. The average molecular weight is 280 g/mol. The fourth-order valence-electron chi connectivity index (χ4n) is 1.77. The van der Waals surface area contributed by atoms with Gasteiger partial charge in [0.15, 0.2) is 11.6 Å². The van der Waals surface area contributed by atoms with Gasteiger partial charge in [0, 0.05) is 11.6 Å². The number of nitrogens with zero attached hydrogens (tertiary/aromatic N) is 5. The summed E-state index contributed by atoms with van der Waals surface area (Å²) in [5, 5.41) is 7.90. The van der Waals surface area contributed by atoms with Crippen molar-refractivity contribution >= 4 is 5.95 Å². The summed E-state index contributed by atoms with van der Waals surface area (Å²) in [4.78, 5) is 12.6. The molecule has 0 aliphatic rings.